The Morgan fingerprint density at radius 2 is 1.95 bits per heavy atom. The molecule has 1 aromatic rings. The molecule has 0 radical (unpaired) electrons. The van der Waals surface area contributed by atoms with Gasteiger partial charge in [0, 0.05) is 43.4 Å². The predicted molar refractivity (Wildman–Crippen MR) is 86.6 cm³/mol. The summed E-state index contributed by atoms with van der Waals surface area (Å²) in [6, 6.07) is 8.22. The number of nitrogens with zero attached hydrogens (tertiary/aromatic N) is 2. The normalized spacial score (nSPS) is 24.1. The van der Waals surface area contributed by atoms with Crippen molar-refractivity contribution in [1.29, 1.82) is 0 Å². The molecule has 2 nitrogen and oxygen atoms in total. The van der Waals surface area contributed by atoms with Crippen molar-refractivity contribution in [3.05, 3.63) is 41.4 Å². The van der Waals surface area contributed by atoms with Crippen molar-refractivity contribution >= 4 is 17.3 Å². The van der Waals surface area contributed by atoms with Gasteiger partial charge in [0.2, 0.25) is 0 Å². The molecule has 1 heterocycles. The summed E-state index contributed by atoms with van der Waals surface area (Å²) in [5.41, 5.74) is 1.26. The first-order valence-electron chi connectivity index (χ1n) is 7.69. The molecule has 2 aliphatic rings. The summed E-state index contributed by atoms with van der Waals surface area (Å²) in [6.45, 7) is 5.85. The molecule has 1 aliphatic heterocycles. The third-order valence-electron chi connectivity index (χ3n) is 4.44. The SMILES string of the molecule is Clc1cccc(N2CCN(C[C@H]3CC=CCC3)CC2)c1. The maximum absolute atomic E-state index is 6.08. The number of anilines is 1. The van der Waals surface area contributed by atoms with Crippen LogP contribution in [-0.4, -0.2) is 37.6 Å². The van der Waals surface area contributed by atoms with Gasteiger partial charge in [-0.05, 0) is 43.4 Å². The molecule has 0 saturated carbocycles. The van der Waals surface area contributed by atoms with Gasteiger partial charge in [0.25, 0.3) is 0 Å². The molecule has 3 heteroatoms. The van der Waals surface area contributed by atoms with Crippen molar-refractivity contribution in [2.75, 3.05) is 37.6 Å². The number of halogens is 1. The topological polar surface area (TPSA) is 6.48 Å². The summed E-state index contributed by atoms with van der Waals surface area (Å²) in [5, 5.41) is 0.832. The zero-order valence-electron chi connectivity index (χ0n) is 12.0. The largest absolute Gasteiger partial charge is 0.369 e. The molecule has 3 rings (SSSR count). The molecule has 0 spiro atoms. The van der Waals surface area contributed by atoms with Gasteiger partial charge in [-0.25, -0.2) is 0 Å². The van der Waals surface area contributed by atoms with E-state index < -0.39 is 0 Å². The Labute approximate surface area is 127 Å². The van der Waals surface area contributed by atoms with E-state index >= 15 is 0 Å². The van der Waals surface area contributed by atoms with Gasteiger partial charge in [-0.2, -0.15) is 0 Å². The highest BCUT2D eigenvalue weighted by Gasteiger charge is 2.20. The summed E-state index contributed by atoms with van der Waals surface area (Å²) in [4.78, 5) is 5.08. The highest BCUT2D eigenvalue weighted by molar-refractivity contribution is 6.30. The van der Waals surface area contributed by atoms with E-state index in [9.17, 15) is 0 Å². The van der Waals surface area contributed by atoms with Crippen LogP contribution in [0.5, 0.6) is 0 Å². The van der Waals surface area contributed by atoms with Gasteiger partial charge in [-0.15, -0.1) is 0 Å². The van der Waals surface area contributed by atoms with Crippen LogP contribution in [0.2, 0.25) is 5.02 Å². The molecular weight excluding hydrogens is 268 g/mol. The minimum Gasteiger partial charge on any atom is -0.369 e. The Morgan fingerprint density at radius 3 is 2.65 bits per heavy atom. The number of piperazine rings is 1. The highest BCUT2D eigenvalue weighted by atomic mass is 35.5. The lowest BCUT2D eigenvalue weighted by Gasteiger charge is -2.38. The van der Waals surface area contributed by atoms with Gasteiger partial charge in [0.15, 0.2) is 0 Å². The fourth-order valence-electron chi connectivity index (χ4n) is 3.25. The van der Waals surface area contributed by atoms with Crippen molar-refractivity contribution in [1.82, 2.24) is 4.90 Å². The monoisotopic (exact) mass is 290 g/mol. The first-order valence-corrected chi connectivity index (χ1v) is 8.07. The highest BCUT2D eigenvalue weighted by Crippen LogP contribution is 2.23. The lowest BCUT2D eigenvalue weighted by Crippen LogP contribution is -2.47. The van der Waals surface area contributed by atoms with Crippen LogP contribution < -0.4 is 4.90 Å². The molecule has 1 saturated heterocycles. The maximum Gasteiger partial charge on any atom is 0.0426 e. The van der Waals surface area contributed by atoms with E-state index in [1.54, 1.807) is 0 Å². The standard InChI is InChI=1S/C17H23ClN2/c18-16-7-4-8-17(13-16)20-11-9-19(10-12-20)14-15-5-2-1-3-6-15/h1-2,4,7-8,13,15H,3,5-6,9-12,14H2/t15-/m0/s1. The second-order valence-electron chi connectivity index (χ2n) is 5.92. The van der Waals surface area contributed by atoms with Crippen LogP contribution in [0.1, 0.15) is 19.3 Å². The third-order valence-corrected chi connectivity index (χ3v) is 4.67. The number of rotatable bonds is 3. The van der Waals surface area contributed by atoms with Crippen molar-refractivity contribution in [3.63, 3.8) is 0 Å². The molecule has 1 atom stereocenters. The van der Waals surface area contributed by atoms with Crippen molar-refractivity contribution in [2.24, 2.45) is 5.92 Å². The number of benzene rings is 1. The quantitative estimate of drug-likeness (QED) is 0.781. The molecule has 108 valence electrons. The Balaban J connectivity index is 1.50. The van der Waals surface area contributed by atoms with Crippen LogP contribution in [0.25, 0.3) is 0 Å². The van der Waals surface area contributed by atoms with Crippen molar-refractivity contribution in [2.45, 2.75) is 19.3 Å². The van der Waals surface area contributed by atoms with Crippen LogP contribution in [0, 0.1) is 5.92 Å². The van der Waals surface area contributed by atoms with Crippen LogP contribution in [0.15, 0.2) is 36.4 Å². The van der Waals surface area contributed by atoms with Crippen LogP contribution in [0.3, 0.4) is 0 Å². The summed E-state index contributed by atoms with van der Waals surface area (Å²) in [7, 11) is 0. The van der Waals surface area contributed by atoms with E-state index in [0.29, 0.717) is 0 Å². The first kappa shape index (κ1) is 14.0. The van der Waals surface area contributed by atoms with E-state index in [0.717, 1.165) is 24.0 Å². The van der Waals surface area contributed by atoms with E-state index in [1.807, 2.05) is 12.1 Å². The van der Waals surface area contributed by atoms with E-state index in [4.69, 9.17) is 11.6 Å². The Hall–Kier alpha value is -0.990. The van der Waals surface area contributed by atoms with Crippen molar-refractivity contribution in [3.8, 4) is 0 Å². The predicted octanol–water partition coefficient (Wildman–Crippen LogP) is 3.82. The van der Waals surface area contributed by atoms with Crippen LogP contribution >= 0.6 is 11.6 Å². The third kappa shape index (κ3) is 3.56. The second kappa shape index (κ2) is 6.64. The van der Waals surface area contributed by atoms with Crippen LogP contribution in [0.4, 0.5) is 5.69 Å². The summed E-state index contributed by atoms with van der Waals surface area (Å²) in [6.07, 6.45) is 8.59. The van der Waals surface area contributed by atoms with E-state index in [-0.39, 0.29) is 0 Å². The van der Waals surface area contributed by atoms with Gasteiger partial charge >= 0.3 is 0 Å². The number of hydrogen-bond acceptors (Lipinski definition) is 2. The molecule has 0 amide bonds. The Morgan fingerprint density at radius 1 is 1.10 bits per heavy atom. The van der Waals surface area contributed by atoms with Gasteiger partial charge in [0.1, 0.15) is 0 Å². The first-order chi connectivity index (χ1) is 9.81. The molecule has 1 fully saturated rings. The zero-order valence-corrected chi connectivity index (χ0v) is 12.7. The Bertz CT molecular complexity index is 464. The average Bonchev–Trinajstić information content (AvgIpc) is 2.49. The molecule has 20 heavy (non-hydrogen) atoms. The van der Waals surface area contributed by atoms with Crippen molar-refractivity contribution < 1.29 is 0 Å². The molecule has 1 aromatic carbocycles. The summed E-state index contributed by atoms with van der Waals surface area (Å²) < 4.78 is 0. The van der Waals surface area contributed by atoms with E-state index in [2.05, 4.69) is 34.1 Å². The van der Waals surface area contributed by atoms with Crippen LogP contribution in [-0.2, 0) is 0 Å². The smallest absolute Gasteiger partial charge is 0.0426 e. The molecule has 1 aliphatic carbocycles. The summed E-state index contributed by atoms with van der Waals surface area (Å²) >= 11 is 6.08. The molecule has 0 N–H and O–H groups in total. The number of hydrogen-bond donors (Lipinski definition) is 0. The number of allylic oxidation sites excluding steroid dienone is 2. The van der Waals surface area contributed by atoms with Gasteiger partial charge in [-0.3, -0.25) is 4.90 Å². The second-order valence-corrected chi connectivity index (χ2v) is 6.35. The zero-order chi connectivity index (χ0) is 13.8. The summed E-state index contributed by atoms with van der Waals surface area (Å²) in [5.74, 6) is 0.873. The molecule has 0 bridgehead atoms. The minimum atomic E-state index is 0.832. The lowest BCUT2D eigenvalue weighted by atomic mass is 9.94. The van der Waals surface area contributed by atoms with E-state index in [1.165, 1.54) is 44.6 Å². The fraction of sp³-hybridized carbons (Fsp3) is 0.529. The minimum absolute atomic E-state index is 0.832. The maximum atomic E-state index is 6.08. The van der Waals surface area contributed by atoms with Gasteiger partial charge in [-0.1, -0.05) is 29.8 Å². The molecule has 0 aromatic heterocycles. The molecular formula is C17H23ClN2. The Kier molecular flexibility index (Phi) is 4.64. The average molecular weight is 291 g/mol. The lowest BCUT2D eigenvalue weighted by molar-refractivity contribution is 0.211. The fourth-order valence-corrected chi connectivity index (χ4v) is 3.43. The van der Waals surface area contributed by atoms with Gasteiger partial charge in [0.05, 0.1) is 0 Å². The molecule has 0 unspecified atom stereocenters. The van der Waals surface area contributed by atoms with Gasteiger partial charge < -0.3 is 4.90 Å².